The van der Waals surface area contributed by atoms with Crippen molar-refractivity contribution < 1.29 is 14.8 Å². The molecule has 13 nitrogen and oxygen atoms in total. The van der Waals surface area contributed by atoms with Crippen molar-refractivity contribution in [3.05, 3.63) is 83.2 Å². The Labute approximate surface area is 158 Å². The summed E-state index contributed by atoms with van der Waals surface area (Å²) in [5, 5.41) is 37.5. The number of aromatic nitrogens is 3. The van der Waals surface area contributed by atoms with Crippen LogP contribution in [0.25, 0.3) is 0 Å². The van der Waals surface area contributed by atoms with Crippen molar-refractivity contribution in [3.8, 4) is 0 Å². The lowest BCUT2D eigenvalue weighted by atomic mass is 10.2. The number of hydrogen-bond donors (Lipinski definition) is 0. The summed E-state index contributed by atoms with van der Waals surface area (Å²) >= 11 is 0.771. The second-order valence-corrected chi connectivity index (χ2v) is 6.01. The van der Waals surface area contributed by atoms with E-state index < -0.39 is 37.5 Å². The standard InChI is InChI=1S/C14H9N7O6S/c22-19(23)10-6-11(20(24)25)13(12(7-10)21(26)27)15-14-18(16-17-28-14)8-9-4-2-1-3-5-9/h1-7H,8H2. The molecule has 0 aliphatic carbocycles. The minimum absolute atomic E-state index is 0.0592. The summed E-state index contributed by atoms with van der Waals surface area (Å²) in [6.45, 7) is 0.227. The molecule has 0 aliphatic rings. The van der Waals surface area contributed by atoms with Crippen LogP contribution in [0.2, 0.25) is 0 Å². The maximum absolute atomic E-state index is 11.3. The number of nitro benzene ring substituents is 3. The van der Waals surface area contributed by atoms with Gasteiger partial charge >= 0.3 is 11.4 Å². The van der Waals surface area contributed by atoms with Crippen LogP contribution in [0.5, 0.6) is 0 Å². The Hall–Kier alpha value is -4.07. The minimum Gasteiger partial charge on any atom is -0.258 e. The maximum atomic E-state index is 11.3. The zero-order valence-electron chi connectivity index (χ0n) is 13.7. The minimum atomic E-state index is -0.963. The van der Waals surface area contributed by atoms with Crippen LogP contribution in [0, 0.1) is 30.3 Å². The first kappa shape index (κ1) is 18.7. The van der Waals surface area contributed by atoms with E-state index in [-0.39, 0.29) is 11.3 Å². The van der Waals surface area contributed by atoms with Crippen molar-refractivity contribution in [1.82, 2.24) is 14.4 Å². The van der Waals surface area contributed by atoms with Gasteiger partial charge < -0.3 is 0 Å². The molecule has 0 saturated heterocycles. The van der Waals surface area contributed by atoms with Crippen LogP contribution >= 0.6 is 11.5 Å². The van der Waals surface area contributed by atoms with Gasteiger partial charge in [-0.1, -0.05) is 40.0 Å². The maximum Gasteiger partial charge on any atom is 0.308 e. The first-order valence-electron chi connectivity index (χ1n) is 7.46. The fraction of sp³-hybridized carbons (Fsp3) is 0.0714. The normalized spacial score (nSPS) is 11.4. The lowest BCUT2D eigenvalue weighted by Gasteiger charge is -2.02. The largest absolute Gasteiger partial charge is 0.308 e. The molecule has 142 valence electrons. The van der Waals surface area contributed by atoms with Gasteiger partial charge in [-0.3, -0.25) is 30.3 Å². The fourth-order valence-electron chi connectivity index (χ4n) is 2.30. The Kier molecular flexibility index (Phi) is 5.12. The Morgan fingerprint density at radius 3 is 2.11 bits per heavy atom. The predicted molar refractivity (Wildman–Crippen MR) is 95.1 cm³/mol. The van der Waals surface area contributed by atoms with Gasteiger partial charge in [0.2, 0.25) is 10.5 Å². The van der Waals surface area contributed by atoms with Gasteiger partial charge in [0.15, 0.2) is 0 Å². The number of nitrogens with zero attached hydrogens (tertiary/aromatic N) is 7. The summed E-state index contributed by atoms with van der Waals surface area (Å²) in [4.78, 5) is 34.8. The third-order valence-corrected chi connectivity index (χ3v) is 4.15. The number of non-ortho nitro benzene ring substituents is 1. The number of benzene rings is 2. The predicted octanol–water partition coefficient (Wildman–Crippen LogP) is 2.34. The second-order valence-electron chi connectivity index (χ2n) is 5.30. The molecule has 0 spiro atoms. The molecule has 3 rings (SSSR count). The molecule has 2 aromatic carbocycles. The first-order valence-corrected chi connectivity index (χ1v) is 8.23. The summed E-state index contributed by atoms with van der Waals surface area (Å²) in [6.07, 6.45) is 0. The van der Waals surface area contributed by atoms with Crippen LogP contribution in [0.15, 0.2) is 47.5 Å². The molecule has 28 heavy (non-hydrogen) atoms. The highest BCUT2D eigenvalue weighted by Crippen LogP contribution is 2.40. The summed E-state index contributed by atoms with van der Waals surface area (Å²) < 4.78 is 5.04. The smallest absolute Gasteiger partial charge is 0.258 e. The van der Waals surface area contributed by atoms with Crippen molar-refractivity contribution in [2.45, 2.75) is 6.54 Å². The fourth-order valence-corrected chi connectivity index (χ4v) is 2.83. The first-order chi connectivity index (χ1) is 13.4. The highest BCUT2D eigenvalue weighted by atomic mass is 32.1. The van der Waals surface area contributed by atoms with E-state index in [0.717, 1.165) is 17.1 Å². The van der Waals surface area contributed by atoms with Gasteiger partial charge in [-0.2, -0.15) is 0 Å². The summed E-state index contributed by atoms with van der Waals surface area (Å²) in [6, 6.07) is 10.3. The molecule has 0 N–H and O–H groups in total. The third kappa shape index (κ3) is 3.85. The van der Waals surface area contributed by atoms with Gasteiger partial charge in [0.25, 0.3) is 5.69 Å². The van der Waals surface area contributed by atoms with E-state index in [4.69, 9.17) is 0 Å². The van der Waals surface area contributed by atoms with Crippen molar-refractivity contribution in [3.63, 3.8) is 0 Å². The molecule has 0 saturated carbocycles. The van der Waals surface area contributed by atoms with Gasteiger partial charge in [0, 0.05) is 11.5 Å². The zero-order valence-corrected chi connectivity index (χ0v) is 14.6. The van der Waals surface area contributed by atoms with Crippen molar-refractivity contribution in [1.29, 1.82) is 0 Å². The average molecular weight is 403 g/mol. The monoisotopic (exact) mass is 403 g/mol. The lowest BCUT2D eigenvalue weighted by molar-refractivity contribution is -0.402. The Balaban J connectivity index is 2.19. The average Bonchev–Trinajstić information content (AvgIpc) is 3.08. The zero-order chi connectivity index (χ0) is 20.3. The van der Waals surface area contributed by atoms with Gasteiger partial charge in [-0.05, 0) is 5.56 Å². The van der Waals surface area contributed by atoms with Gasteiger partial charge in [0.05, 0.1) is 33.4 Å². The molecule has 14 heteroatoms. The number of nitro groups is 3. The molecule has 0 bridgehead atoms. The van der Waals surface area contributed by atoms with Gasteiger partial charge in [-0.15, -0.1) is 0 Å². The lowest BCUT2D eigenvalue weighted by Crippen LogP contribution is -2.17. The molecular formula is C14H9N7O6S. The topological polar surface area (TPSA) is 172 Å². The Morgan fingerprint density at radius 2 is 1.57 bits per heavy atom. The van der Waals surface area contributed by atoms with Crippen LogP contribution in [-0.4, -0.2) is 29.2 Å². The molecular weight excluding hydrogens is 394 g/mol. The van der Waals surface area contributed by atoms with E-state index in [1.807, 2.05) is 18.2 Å². The van der Waals surface area contributed by atoms with E-state index in [1.54, 1.807) is 12.1 Å². The summed E-state index contributed by atoms with van der Waals surface area (Å²) in [5.41, 5.74) is -2.28. The van der Waals surface area contributed by atoms with Crippen LogP contribution in [-0.2, 0) is 6.54 Å². The molecule has 0 radical (unpaired) electrons. The van der Waals surface area contributed by atoms with E-state index >= 15 is 0 Å². The SMILES string of the molecule is O=[N+]([O-])c1cc([N+](=O)[O-])c(N=c2snnn2Cc2ccccc2)c([N+](=O)[O-])c1. The Morgan fingerprint density at radius 1 is 0.964 bits per heavy atom. The van der Waals surface area contributed by atoms with E-state index in [9.17, 15) is 30.3 Å². The number of hydrogen-bond acceptors (Lipinski definition) is 10. The molecule has 0 amide bonds. The van der Waals surface area contributed by atoms with Crippen molar-refractivity contribution in [2.75, 3.05) is 0 Å². The molecule has 0 atom stereocenters. The molecule has 1 aromatic heterocycles. The van der Waals surface area contributed by atoms with E-state index in [0.29, 0.717) is 12.1 Å². The summed E-state index contributed by atoms with van der Waals surface area (Å²) in [7, 11) is 0. The molecule has 3 aromatic rings. The number of rotatable bonds is 6. The van der Waals surface area contributed by atoms with Gasteiger partial charge in [0.1, 0.15) is 0 Å². The van der Waals surface area contributed by atoms with Crippen LogP contribution in [0.4, 0.5) is 22.7 Å². The quantitative estimate of drug-likeness (QED) is 0.445. The molecule has 0 aliphatic heterocycles. The molecule has 0 unspecified atom stereocenters. The van der Waals surface area contributed by atoms with Crippen molar-refractivity contribution >= 4 is 34.3 Å². The third-order valence-electron chi connectivity index (χ3n) is 3.53. The van der Waals surface area contributed by atoms with Crippen LogP contribution < -0.4 is 4.80 Å². The van der Waals surface area contributed by atoms with E-state index in [1.165, 1.54) is 4.68 Å². The Bertz CT molecular complexity index is 1110. The van der Waals surface area contributed by atoms with Gasteiger partial charge in [-0.25, -0.2) is 9.67 Å². The molecule has 1 heterocycles. The second kappa shape index (κ2) is 7.67. The van der Waals surface area contributed by atoms with Crippen molar-refractivity contribution in [2.24, 2.45) is 4.99 Å². The highest BCUT2D eigenvalue weighted by Gasteiger charge is 2.30. The van der Waals surface area contributed by atoms with Crippen LogP contribution in [0.1, 0.15) is 5.56 Å². The van der Waals surface area contributed by atoms with E-state index in [2.05, 4.69) is 14.7 Å². The van der Waals surface area contributed by atoms with Crippen LogP contribution in [0.3, 0.4) is 0 Å². The molecule has 0 fully saturated rings. The highest BCUT2D eigenvalue weighted by molar-refractivity contribution is 7.02. The summed E-state index contributed by atoms with van der Waals surface area (Å²) in [5.74, 6) is 0.